The van der Waals surface area contributed by atoms with Crippen molar-refractivity contribution in [1.82, 2.24) is 0 Å². The van der Waals surface area contributed by atoms with Gasteiger partial charge in [0.1, 0.15) is 24.4 Å². The van der Waals surface area contributed by atoms with Crippen molar-refractivity contribution in [3.63, 3.8) is 0 Å². The van der Waals surface area contributed by atoms with Crippen LogP contribution in [0.5, 0.6) is 0 Å². The third-order valence-corrected chi connectivity index (χ3v) is 2.51. The molecule has 0 spiro atoms. The smallest absolute Gasteiger partial charge is 0.186 e. The molecule has 0 aromatic carbocycles. The molecule has 6 nitrogen and oxygen atoms in total. The normalized spacial score (nSPS) is 39.9. The SMILES string of the molecule is CCO[C@@H]1O[C@H](CO)[C@H](O)[C@H](O)[C@@H]1OCC. The number of aliphatic hydroxyl groups excluding tert-OH is 3. The van der Waals surface area contributed by atoms with Crippen LogP contribution < -0.4 is 0 Å². The lowest BCUT2D eigenvalue weighted by Gasteiger charge is -2.41. The summed E-state index contributed by atoms with van der Waals surface area (Å²) in [4.78, 5) is 0. The van der Waals surface area contributed by atoms with Crippen LogP contribution in [-0.4, -0.2) is 65.8 Å². The molecule has 0 saturated carbocycles. The fourth-order valence-electron chi connectivity index (χ4n) is 1.72. The van der Waals surface area contributed by atoms with E-state index in [1.807, 2.05) is 0 Å². The molecule has 0 aliphatic carbocycles. The minimum absolute atomic E-state index is 0.374. The Morgan fingerprint density at radius 2 is 1.69 bits per heavy atom. The topological polar surface area (TPSA) is 88.4 Å². The third kappa shape index (κ3) is 2.91. The van der Waals surface area contributed by atoms with E-state index < -0.39 is 30.7 Å². The third-order valence-electron chi connectivity index (χ3n) is 2.51. The van der Waals surface area contributed by atoms with Gasteiger partial charge in [0.05, 0.1) is 6.61 Å². The lowest BCUT2D eigenvalue weighted by Crippen LogP contribution is -2.60. The Bertz CT molecular complexity index is 200. The summed E-state index contributed by atoms with van der Waals surface area (Å²) >= 11 is 0. The minimum Gasteiger partial charge on any atom is -0.394 e. The zero-order chi connectivity index (χ0) is 12.1. The van der Waals surface area contributed by atoms with Crippen molar-refractivity contribution in [2.24, 2.45) is 0 Å². The van der Waals surface area contributed by atoms with Crippen LogP contribution in [0.15, 0.2) is 0 Å². The maximum Gasteiger partial charge on any atom is 0.186 e. The molecule has 0 amide bonds. The van der Waals surface area contributed by atoms with Crippen molar-refractivity contribution >= 4 is 0 Å². The lowest BCUT2D eigenvalue weighted by atomic mass is 9.99. The highest BCUT2D eigenvalue weighted by Crippen LogP contribution is 2.24. The van der Waals surface area contributed by atoms with Crippen LogP contribution in [0.25, 0.3) is 0 Å². The molecule has 0 aromatic rings. The monoisotopic (exact) mass is 236 g/mol. The summed E-state index contributed by atoms with van der Waals surface area (Å²) in [5.74, 6) is 0. The fourth-order valence-corrected chi connectivity index (χ4v) is 1.72. The maximum atomic E-state index is 9.82. The Balaban J connectivity index is 2.71. The fraction of sp³-hybridized carbons (Fsp3) is 1.00. The summed E-state index contributed by atoms with van der Waals surface area (Å²) in [7, 11) is 0. The molecule has 16 heavy (non-hydrogen) atoms. The molecule has 1 heterocycles. The highest BCUT2D eigenvalue weighted by molar-refractivity contribution is 4.89. The Morgan fingerprint density at radius 1 is 1.06 bits per heavy atom. The number of ether oxygens (including phenoxy) is 3. The first kappa shape index (κ1) is 13.8. The van der Waals surface area contributed by atoms with E-state index in [0.717, 1.165) is 0 Å². The number of rotatable bonds is 5. The first-order chi connectivity index (χ1) is 7.65. The first-order valence-electron chi connectivity index (χ1n) is 5.51. The lowest BCUT2D eigenvalue weighted by molar-refractivity contribution is -0.308. The van der Waals surface area contributed by atoms with Gasteiger partial charge in [0.25, 0.3) is 0 Å². The van der Waals surface area contributed by atoms with Gasteiger partial charge in [-0.05, 0) is 13.8 Å². The van der Waals surface area contributed by atoms with E-state index in [9.17, 15) is 10.2 Å². The van der Waals surface area contributed by atoms with E-state index in [4.69, 9.17) is 19.3 Å². The predicted molar refractivity (Wildman–Crippen MR) is 54.8 cm³/mol. The predicted octanol–water partition coefficient (Wildman–Crippen LogP) is -1.13. The van der Waals surface area contributed by atoms with Crippen molar-refractivity contribution in [3.8, 4) is 0 Å². The van der Waals surface area contributed by atoms with Crippen molar-refractivity contribution in [2.75, 3.05) is 19.8 Å². The van der Waals surface area contributed by atoms with Crippen molar-refractivity contribution < 1.29 is 29.5 Å². The van der Waals surface area contributed by atoms with Gasteiger partial charge >= 0.3 is 0 Å². The van der Waals surface area contributed by atoms with Gasteiger partial charge in [-0.1, -0.05) is 0 Å². The molecule has 1 aliphatic rings. The van der Waals surface area contributed by atoms with Crippen LogP contribution >= 0.6 is 0 Å². The van der Waals surface area contributed by atoms with Crippen molar-refractivity contribution in [1.29, 1.82) is 0 Å². The molecule has 0 unspecified atom stereocenters. The van der Waals surface area contributed by atoms with Gasteiger partial charge in [0.2, 0.25) is 0 Å². The summed E-state index contributed by atoms with van der Waals surface area (Å²) in [6, 6.07) is 0. The molecule has 0 bridgehead atoms. The Labute approximate surface area is 94.7 Å². The van der Waals surface area contributed by atoms with E-state index in [0.29, 0.717) is 13.2 Å². The zero-order valence-electron chi connectivity index (χ0n) is 9.57. The summed E-state index contributed by atoms with van der Waals surface area (Å²) < 4.78 is 15.9. The Morgan fingerprint density at radius 3 is 2.19 bits per heavy atom. The highest BCUT2D eigenvalue weighted by atomic mass is 16.7. The second-order valence-electron chi connectivity index (χ2n) is 3.58. The maximum absolute atomic E-state index is 9.82. The quantitative estimate of drug-likeness (QED) is 0.559. The second-order valence-corrected chi connectivity index (χ2v) is 3.58. The van der Waals surface area contributed by atoms with Gasteiger partial charge in [-0.15, -0.1) is 0 Å². The number of hydrogen-bond acceptors (Lipinski definition) is 6. The second kappa shape index (κ2) is 6.48. The molecule has 3 N–H and O–H groups in total. The Hall–Kier alpha value is -0.240. The first-order valence-corrected chi connectivity index (χ1v) is 5.51. The molecule has 5 atom stereocenters. The molecular weight excluding hydrogens is 216 g/mol. The van der Waals surface area contributed by atoms with Gasteiger partial charge in [-0.3, -0.25) is 0 Å². The van der Waals surface area contributed by atoms with Gasteiger partial charge in [-0.2, -0.15) is 0 Å². The van der Waals surface area contributed by atoms with Crippen LogP contribution in [0.2, 0.25) is 0 Å². The van der Waals surface area contributed by atoms with Crippen LogP contribution in [0.4, 0.5) is 0 Å². The molecule has 1 fully saturated rings. The van der Waals surface area contributed by atoms with Gasteiger partial charge in [0, 0.05) is 13.2 Å². The molecule has 1 saturated heterocycles. The number of aliphatic hydroxyl groups is 3. The van der Waals surface area contributed by atoms with Gasteiger partial charge in [0.15, 0.2) is 6.29 Å². The zero-order valence-corrected chi connectivity index (χ0v) is 9.57. The summed E-state index contributed by atoms with van der Waals surface area (Å²) in [5, 5.41) is 28.5. The van der Waals surface area contributed by atoms with Crippen LogP contribution in [0.3, 0.4) is 0 Å². The standard InChI is InChI=1S/C10H20O6/c1-3-14-9-8(13)7(12)6(5-11)16-10(9)15-4-2/h6-13H,3-5H2,1-2H3/t6-,7+,8+,9+,10-/m1/s1. The molecular formula is C10H20O6. The van der Waals surface area contributed by atoms with E-state index >= 15 is 0 Å². The molecule has 6 heteroatoms. The van der Waals surface area contributed by atoms with Gasteiger partial charge < -0.3 is 29.5 Å². The van der Waals surface area contributed by atoms with E-state index in [1.165, 1.54) is 0 Å². The molecule has 1 aliphatic heterocycles. The van der Waals surface area contributed by atoms with Gasteiger partial charge in [-0.25, -0.2) is 0 Å². The minimum atomic E-state index is -1.17. The van der Waals surface area contributed by atoms with Crippen LogP contribution in [-0.2, 0) is 14.2 Å². The number of hydrogen-bond donors (Lipinski definition) is 3. The summed E-state index contributed by atoms with van der Waals surface area (Å²) in [5.41, 5.74) is 0. The van der Waals surface area contributed by atoms with Crippen molar-refractivity contribution in [3.05, 3.63) is 0 Å². The molecule has 0 radical (unpaired) electrons. The average molecular weight is 236 g/mol. The van der Waals surface area contributed by atoms with E-state index in [-0.39, 0.29) is 6.61 Å². The van der Waals surface area contributed by atoms with E-state index in [2.05, 4.69) is 0 Å². The Kier molecular flexibility index (Phi) is 5.60. The van der Waals surface area contributed by atoms with Crippen molar-refractivity contribution in [2.45, 2.75) is 44.6 Å². The molecule has 96 valence electrons. The van der Waals surface area contributed by atoms with E-state index in [1.54, 1.807) is 13.8 Å². The average Bonchev–Trinajstić information content (AvgIpc) is 2.28. The summed E-state index contributed by atoms with van der Waals surface area (Å²) in [6.07, 6.45) is -4.63. The summed E-state index contributed by atoms with van der Waals surface area (Å²) in [6.45, 7) is 3.97. The molecule has 1 rings (SSSR count). The largest absolute Gasteiger partial charge is 0.394 e. The van der Waals surface area contributed by atoms with Crippen LogP contribution in [0, 0.1) is 0 Å². The highest BCUT2D eigenvalue weighted by Gasteiger charge is 2.45. The molecule has 0 aromatic heterocycles. The van der Waals surface area contributed by atoms with Crippen LogP contribution in [0.1, 0.15) is 13.8 Å².